The van der Waals surface area contributed by atoms with Crippen LogP contribution in [-0.4, -0.2) is 35.2 Å². The van der Waals surface area contributed by atoms with Gasteiger partial charge in [0.2, 0.25) is 0 Å². The Morgan fingerprint density at radius 1 is 1.55 bits per heavy atom. The van der Waals surface area contributed by atoms with Crippen molar-refractivity contribution in [2.75, 3.05) is 13.7 Å². The third kappa shape index (κ3) is 2.54. The first-order valence-electron chi connectivity index (χ1n) is 6.94. The van der Waals surface area contributed by atoms with Gasteiger partial charge in [0.25, 0.3) is 0 Å². The second-order valence-electron chi connectivity index (χ2n) is 5.07. The lowest BCUT2D eigenvalue weighted by atomic mass is 10.1. The van der Waals surface area contributed by atoms with Gasteiger partial charge in [0, 0.05) is 19.2 Å². The van der Waals surface area contributed by atoms with Crippen LogP contribution in [0.3, 0.4) is 0 Å². The zero-order valence-electron chi connectivity index (χ0n) is 11.5. The Hall–Kier alpha value is -1.88. The van der Waals surface area contributed by atoms with Crippen LogP contribution in [0.25, 0.3) is 5.52 Å². The highest BCUT2D eigenvalue weighted by molar-refractivity contribution is 5.90. The Morgan fingerprint density at radius 2 is 2.45 bits per heavy atom. The van der Waals surface area contributed by atoms with Gasteiger partial charge in [0.05, 0.1) is 30.5 Å². The molecule has 1 aliphatic rings. The van der Waals surface area contributed by atoms with Gasteiger partial charge in [-0.25, -0.2) is 9.78 Å². The fourth-order valence-corrected chi connectivity index (χ4v) is 2.62. The van der Waals surface area contributed by atoms with E-state index >= 15 is 0 Å². The van der Waals surface area contributed by atoms with Crippen molar-refractivity contribution >= 4 is 11.5 Å². The number of carbonyl (C=O) groups excluding carboxylic acids is 1. The second-order valence-corrected chi connectivity index (χ2v) is 5.07. The molecule has 0 radical (unpaired) electrons. The van der Waals surface area contributed by atoms with Crippen LogP contribution in [0.4, 0.5) is 0 Å². The Labute approximate surface area is 117 Å². The van der Waals surface area contributed by atoms with Crippen molar-refractivity contribution in [1.29, 1.82) is 0 Å². The number of pyridine rings is 1. The van der Waals surface area contributed by atoms with E-state index in [0.29, 0.717) is 5.56 Å². The van der Waals surface area contributed by atoms with Gasteiger partial charge in [0.15, 0.2) is 0 Å². The predicted octanol–water partition coefficient (Wildman–Crippen LogP) is 2.23. The predicted molar refractivity (Wildman–Crippen MR) is 73.8 cm³/mol. The van der Waals surface area contributed by atoms with Crippen LogP contribution in [0.15, 0.2) is 24.5 Å². The standard InChI is InChI=1S/C15H18N2O3/c1-19-15(18)11-5-6-17-12(8-11)10-16-14(17)9-13-4-2-3-7-20-13/h5-6,8,10,13H,2-4,7,9H2,1H3. The first-order chi connectivity index (χ1) is 9.78. The number of fused-ring (bicyclic) bond motifs is 1. The summed E-state index contributed by atoms with van der Waals surface area (Å²) in [7, 11) is 1.38. The summed E-state index contributed by atoms with van der Waals surface area (Å²) >= 11 is 0. The highest BCUT2D eigenvalue weighted by Crippen LogP contribution is 2.18. The third-order valence-corrected chi connectivity index (χ3v) is 3.71. The molecule has 0 aromatic carbocycles. The van der Waals surface area contributed by atoms with Crippen molar-refractivity contribution in [2.24, 2.45) is 0 Å². The van der Waals surface area contributed by atoms with Gasteiger partial charge < -0.3 is 13.9 Å². The molecule has 0 saturated carbocycles. The molecule has 1 atom stereocenters. The number of carbonyl (C=O) groups is 1. The lowest BCUT2D eigenvalue weighted by Crippen LogP contribution is -2.22. The molecular weight excluding hydrogens is 256 g/mol. The largest absolute Gasteiger partial charge is 0.465 e. The molecule has 106 valence electrons. The van der Waals surface area contributed by atoms with Crippen LogP contribution in [0.2, 0.25) is 0 Å². The first-order valence-corrected chi connectivity index (χ1v) is 6.94. The van der Waals surface area contributed by atoms with Crippen LogP contribution in [-0.2, 0) is 15.9 Å². The Balaban J connectivity index is 1.84. The summed E-state index contributed by atoms with van der Waals surface area (Å²) in [4.78, 5) is 16.0. The van der Waals surface area contributed by atoms with E-state index in [1.54, 1.807) is 18.3 Å². The molecule has 1 unspecified atom stereocenters. The SMILES string of the molecule is COC(=O)c1ccn2c(CC3CCCCO3)ncc2c1. The molecule has 0 amide bonds. The van der Waals surface area contributed by atoms with E-state index in [1.165, 1.54) is 13.5 Å². The lowest BCUT2D eigenvalue weighted by Gasteiger charge is -2.21. The molecule has 2 aromatic rings. The number of methoxy groups -OCH3 is 1. The van der Waals surface area contributed by atoms with E-state index in [1.807, 2.05) is 10.6 Å². The molecule has 1 saturated heterocycles. The quantitative estimate of drug-likeness (QED) is 0.805. The number of hydrogen-bond donors (Lipinski definition) is 0. The number of imidazole rings is 1. The normalized spacial score (nSPS) is 19.1. The molecule has 5 nitrogen and oxygen atoms in total. The minimum atomic E-state index is -0.328. The molecular formula is C15H18N2O3. The van der Waals surface area contributed by atoms with Gasteiger partial charge in [-0.05, 0) is 31.4 Å². The lowest BCUT2D eigenvalue weighted by molar-refractivity contribution is 0.0155. The summed E-state index contributed by atoms with van der Waals surface area (Å²) < 4.78 is 12.5. The minimum Gasteiger partial charge on any atom is -0.465 e. The molecule has 1 fully saturated rings. The highest BCUT2D eigenvalue weighted by atomic mass is 16.5. The number of ether oxygens (including phenoxy) is 2. The Kier molecular flexibility index (Phi) is 3.69. The Bertz CT molecular complexity index is 615. The monoisotopic (exact) mass is 274 g/mol. The molecule has 0 spiro atoms. The minimum absolute atomic E-state index is 0.259. The van der Waals surface area contributed by atoms with Crippen molar-refractivity contribution < 1.29 is 14.3 Å². The fourth-order valence-electron chi connectivity index (χ4n) is 2.62. The fraction of sp³-hybridized carbons (Fsp3) is 0.467. The van der Waals surface area contributed by atoms with E-state index in [-0.39, 0.29) is 12.1 Å². The van der Waals surface area contributed by atoms with Gasteiger partial charge in [-0.2, -0.15) is 0 Å². The van der Waals surface area contributed by atoms with Crippen molar-refractivity contribution in [3.05, 3.63) is 35.9 Å². The van der Waals surface area contributed by atoms with E-state index < -0.39 is 0 Å². The van der Waals surface area contributed by atoms with Gasteiger partial charge >= 0.3 is 5.97 Å². The van der Waals surface area contributed by atoms with Gasteiger partial charge in [-0.3, -0.25) is 0 Å². The van der Waals surface area contributed by atoms with Crippen LogP contribution < -0.4 is 0 Å². The summed E-state index contributed by atoms with van der Waals surface area (Å²) in [6.45, 7) is 0.848. The summed E-state index contributed by atoms with van der Waals surface area (Å²) in [6, 6.07) is 3.55. The summed E-state index contributed by atoms with van der Waals surface area (Å²) in [5.74, 6) is 0.647. The average molecular weight is 274 g/mol. The highest BCUT2D eigenvalue weighted by Gasteiger charge is 2.17. The van der Waals surface area contributed by atoms with Crippen LogP contribution in [0.1, 0.15) is 35.4 Å². The molecule has 1 aliphatic heterocycles. The van der Waals surface area contributed by atoms with E-state index in [0.717, 1.165) is 37.2 Å². The number of hydrogen-bond acceptors (Lipinski definition) is 4. The number of aromatic nitrogens is 2. The number of esters is 1. The first kappa shape index (κ1) is 13.1. The van der Waals surface area contributed by atoms with Crippen molar-refractivity contribution in [3.63, 3.8) is 0 Å². The summed E-state index contributed by atoms with van der Waals surface area (Å²) in [6.07, 6.45) is 8.19. The topological polar surface area (TPSA) is 52.8 Å². The van der Waals surface area contributed by atoms with Crippen molar-refractivity contribution in [1.82, 2.24) is 9.38 Å². The molecule has 0 N–H and O–H groups in total. The molecule has 5 heteroatoms. The molecule has 3 rings (SSSR count). The summed E-state index contributed by atoms with van der Waals surface area (Å²) in [5.41, 5.74) is 1.44. The zero-order valence-corrected chi connectivity index (χ0v) is 11.5. The van der Waals surface area contributed by atoms with Gasteiger partial charge in [0.1, 0.15) is 5.82 Å². The zero-order chi connectivity index (χ0) is 13.9. The van der Waals surface area contributed by atoms with Crippen molar-refractivity contribution in [2.45, 2.75) is 31.8 Å². The van der Waals surface area contributed by atoms with E-state index in [9.17, 15) is 4.79 Å². The molecule has 3 heterocycles. The maximum atomic E-state index is 11.5. The van der Waals surface area contributed by atoms with Crippen LogP contribution in [0.5, 0.6) is 0 Å². The third-order valence-electron chi connectivity index (χ3n) is 3.71. The number of nitrogens with zero attached hydrogens (tertiary/aromatic N) is 2. The maximum absolute atomic E-state index is 11.5. The van der Waals surface area contributed by atoms with E-state index in [2.05, 4.69) is 4.98 Å². The number of rotatable bonds is 3. The van der Waals surface area contributed by atoms with Crippen LogP contribution >= 0.6 is 0 Å². The van der Waals surface area contributed by atoms with Gasteiger partial charge in [-0.15, -0.1) is 0 Å². The molecule has 0 bridgehead atoms. The molecule has 0 aliphatic carbocycles. The second kappa shape index (κ2) is 5.63. The Morgan fingerprint density at radius 3 is 3.20 bits per heavy atom. The molecule has 20 heavy (non-hydrogen) atoms. The molecule has 2 aromatic heterocycles. The van der Waals surface area contributed by atoms with Crippen molar-refractivity contribution in [3.8, 4) is 0 Å². The average Bonchev–Trinajstić information content (AvgIpc) is 2.90. The smallest absolute Gasteiger partial charge is 0.337 e. The maximum Gasteiger partial charge on any atom is 0.337 e. The van der Waals surface area contributed by atoms with Gasteiger partial charge in [-0.1, -0.05) is 0 Å². The van der Waals surface area contributed by atoms with Crippen LogP contribution in [0, 0.1) is 0 Å². The van der Waals surface area contributed by atoms with E-state index in [4.69, 9.17) is 9.47 Å². The summed E-state index contributed by atoms with van der Waals surface area (Å²) in [5, 5.41) is 0.